The Morgan fingerprint density at radius 2 is 0.672 bits per heavy atom. The van der Waals surface area contributed by atoms with Crippen LogP contribution >= 0.6 is 0 Å². The minimum Gasteiger partial charge on any atom is -0.390 e. The molecule has 0 bridgehead atoms. The average molecular weight is 1610 g/mol. The Morgan fingerprint density at radius 1 is 0.369 bits per heavy atom. The van der Waals surface area contributed by atoms with Crippen molar-refractivity contribution in [3.05, 3.63) is 291 Å². The second-order valence-electron chi connectivity index (χ2n) is 33.3. The van der Waals surface area contributed by atoms with Crippen molar-refractivity contribution in [2.45, 2.75) is 80.9 Å². The van der Waals surface area contributed by atoms with Crippen molar-refractivity contribution in [3.63, 3.8) is 0 Å². The molecule has 0 atom stereocenters. The van der Waals surface area contributed by atoms with Crippen molar-refractivity contribution >= 4 is 73.5 Å². The molecule has 0 spiro atoms. The fraction of sp³-hybridized carbons (Fsp3) is 0.224. The smallest absolute Gasteiger partial charge is 0.209 e. The van der Waals surface area contributed by atoms with Gasteiger partial charge in [-0.25, -0.2) is 44.9 Å². The molecular formula is C98H92N22O2. The number of likely N-dealkylation sites (N-methyl/N-ethyl adjacent to an activating group) is 1. The van der Waals surface area contributed by atoms with E-state index in [0.717, 1.165) is 237 Å². The van der Waals surface area contributed by atoms with E-state index in [-0.39, 0.29) is 5.92 Å². The van der Waals surface area contributed by atoms with Crippen LogP contribution in [-0.4, -0.2) is 180 Å². The maximum atomic E-state index is 11.1. The monoisotopic (exact) mass is 1610 g/mol. The number of amides is 1. The van der Waals surface area contributed by atoms with Gasteiger partial charge in [-0.05, 0) is 125 Å². The van der Waals surface area contributed by atoms with E-state index in [4.69, 9.17) is 47.1 Å². The van der Waals surface area contributed by atoms with Gasteiger partial charge in [0.25, 0.3) is 0 Å². The lowest BCUT2D eigenvalue weighted by atomic mass is 9.72. The highest BCUT2D eigenvalue weighted by atomic mass is 16.3. The lowest BCUT2D eigenvalue weighted by molar-refractivity contribution is -0.120. The number of anilines is 3. The Balaban J connectivity index is 0.000000113. The van der Waals surface area contributed by atoms with Crippen LogP contribution in [0.15, 0.2) is 274 Å². The molecule has 1 amide bonds. The SMILES string of the molecule is CC1(O)CC(c2nc(-c3ccc4c(c3)nc(-c3ccccc3)n4-c3ccccc3)c3c(N)nccn23)C1.CN1CCN(C2CC(c3nc(-c4ccc5c(c4)nc(-c4ccccc4)n5-c4ccccc4)c4c(N)nccn34)C2)CC1.Nc1nccn2c(C3CC(N4CCN(C=O)CC4)C3)nc(-c3ccc4c(c3)nc(-c3ccccc3)n4-c3ccccc3)c12. The van der Waals surface area contributed by atoms with Crippen LogP contribution in [0.1, 0.15) is 80.7 Å². The van der Waals surface area contributed by atoms with Gasteiger partial charge in [-0.3, -0.25) is 41.5 Å². The quantitative estimate of drug-likeness (QED) is 0.0695. The maximum absolute atomic E-state index is 11.1. The molecule has 606 valence electrons. The Bertz CT molecular complexity index is 6890. The van der Waals surface area contributed by atoms with Crippen molar-refractivity contribution in [2.24, 2.45) is 0 Å². The van der Waals surface area contributed by atoms with Gasteiger partial charge in [0.15, 0.2) is 0 Å². The summed E-state index contributed by atoms with van der Waals surface area (Å²) in [5.41, 5.74) is 38.8. The topological polar surface area (TPSA) is 272 Å². The molecule has 5 fully saturated rings. The zero-order chi connectivity index (χ0) is 82.3. The molecule has 9 aromatic carbocycles. The summed E-state index contributed by atoms with van der Waals surface area (Å²) in [6.45, 7) is 9.94. The molecule has 5 aliphatic rings. The number of carbonyl (C=O) groups excluding carboxylic acids is 1. The Labute approximate surface area is 704 Å². The summed E-state index contributed by atoms with van der Waals surface area (Å²) in [5, 5.41) is 10.3. The van der Waals surface area contributed by atoms with Gasteiger partial charge in [0.1, 0.15) is 86.0 Å². The minimum atomic E-state index is -0.647. The van der Waals surface area contributed by atoms with E-state index in [1.54, 1.807) is 18.6 Å². The Morgan fingerprint density at radius 3 is 0.984 bits per heavy atom. The highest BCUT2D eigenvalue weighted by molar-refractivity contribution is 5.95. The largest absolute Gasteiger partial charge is 0.390 e. The number of rotatable bonds is 15. The molecule has 3 saturated carbocycles. The number of nitrogen functional groups attached to an aromatic ring is 3. The number of imidazole rings is 6. The van der Waals surface area contributed by atoms with Crippen molar-refractivity contribution in [1.82, 2.24) is 91.4 Å². The number of aliphatic hydroxyl groups is 1. The van der Waals surface area contributed by atoms with Crippen molar-refractivity contribution in [2.75, 3.05) is 76.6 Å². The summed E-state index contributed by atoms with van der Waals surface area (Å²) in [7, 11) is 2.21. The number of benzene rings is 9. The fourth-order valence-electron chi connectivity index (χ4n) is 19.0. The van der Waals surface area contributed by atoms with E-state index in [9.17, 15) is 9.90 Å². The highest BCUT2D eigenvalue weighted by Gasteiger charge is 2.43. The summed E-state index contributed by atoms with van der Waals surface area (Å²) >= 11 is 0. The van der Waals surface area contributed by atoms with Crippen LogP contribution in [0, 0.1) is 0 Å². The summed E-state index contributed by atoms with van der Waals surface area (Å²) in [6.07, 6.45) is 17.8. The summed E-state index contributed by atoms with van der Waals surface area (Å²) in [4.78, 5) is 64.7. The molecule has 23 rings (SSSR count). The zero-order valence-corrected chi connectivity index (χ0v) is 67.9. The first-order valence-corrected chi connectivity index (χ1v) is 42.2. The Kier molecular flexibility index (Phi) is 19.3. The number of nitrogens with two attached hydrogens (primary N) is 3. The van der Waals surface area contributed by atoms with E-state index in [2.05, 4.69) is 223 Å². The summed E-state index contributed by atoms with van der Waals surface area (Å²) in [6, 6.07) is 82.1. The van der Waals surface area contributed by atoms with Gasteiger partial charge in [0.05, 0.1) is 38.7 Å². The first kappa shape index (κ1) is 75.4. The maximum Gasteiger partial charge on any atom is 0.209 e. The molecule has 11 heterocycles. The normalized spacial score (nSPS) is 19.4. The summed E-state index contributed by atoms with van der Waals surface area (Å²) < 4.78 is 13.0. The first-order chi connectivity index (χ1) is 59.8. The first-order valence-electron chi connectivity index (χ1n) is 42.2. The van der Waals surface area contributed by atoms with Gasteiger partial charge in [-0.2, -0.15) is 0 Å². The number of hydrogen-bond acceptors (Lipinski definition) is 17. The number of aromatic nitrogens is 15. The van der Waals surface area contributed by atoms with Gasteiger partial charge in [-0.15, -0.1) is 0 Å². The molecule has 18 aromatic rings. The summed E-state index contributed by atoms with van der Waals surface area (Å²) in [5.74, 6) is 8.02. The molecule has 24 heteroatoms. The van der Waals surface area contributed by atoms with E-state index in [1.165, 1.54) is 0 Å². The van der Waals surface area contributed by atoms with Gasteiger partial charge in [0, 0.05) is 170 Å². The standard InChI is InChI=1S/C34H32N8O.C34H34N8.C30H26N6O/c35-32-31-30(38-33(41(31)14-13-36-32)25-19-27(20-25)40-17-15-39(22-43)16-18-40)24-11-12-29-28(21-24)37-34(23-7-3-1-4-8-23)42(29)26-9-5-2-6-10-26;1-39-16-18-40(19-17-39)27-20-25(21-27)33-38-30(31-32(35)36-14-15-41(31)33)24-12-13-29-28(22-24)37-34(23-8-4-2-5-9-23)42(29)26-10-6-3-7-11-26;1-30(37)17-21(18-30)28-34-25(26-27(31)32-14-15-35(26)28)20-12-13-24-23(16-20)33-29(19-8-4-2-5-9-19)36(24)22-10-6-3-7-11-22/h1-14,21-22,25,27H,15-20H2,(H2,35,36);2-15,22,25,27H,16-21H2,1H3,(H2,35,36);2-16,21,37H,17-18H2,1H3,(H2,31,32). The molecule has 24 nitrogen and oxygen atoms in total. The second kappa shape index (κ2) is 31.3. The molecule has 0 radical (unpaired) electrons. The highest BCUT2D eigenvalue weighted by Crippen LogP contribution is 2.48. The van der Waals surface area contributed by atoms with Gasteiger partial charge in [0.2, 0.25) is 6.41 Å². The molecule has 2 saturated heterocycles. The number of para-hydroxylation sites is 3. The Hall–Kier alpha value is -14.0. The number of fused-ring (bicyclic) bond motifs is 6. The van der Waals surface area contributed by atoms with Crippen LogP contribution in [-0.2, 0) is 4.79 Å². The molecule has 0 unspecified atom stereocenters. The molecule has 122 heavy (non-hydrogen) atoms. The number of nitrogens with zero attached hydrogens (tertiary/aromatic N) is 19. The molecular weight excluding hydrogens is 1520 g/mol. The molecule has 9 aromatic heterocycles. The molecule has 3 aliphatic carbocycles. The van der Waals surface area contributed by atoms with Crippen LogP contribution in [0.3, 0.4) is 0 Å². The van der Waals surface area contributed by atoms with E-state index in [1.807, 2.05) is 108 Å². The number of carbonyl (C=O) groups is 1. The third-order valence-corrected chi connectivity index (χ3v) is 25.5. The predicted octanol–water partition coefficient (Wildman–Crippen LogP) is 16.1. The van der Waals surface area contributed by atoms with Crippen LogP contribution in [0.4, 0.5) is 17.5 Å². The molecule has 7 N–H and O–H groups in total. The fourth-order valence-corrected chi connectivity index (χ4v) is 19.0. The zero-order valence-electron chi connectivity index (χ0n) is 67.9. The average Bonchev–Trinajstić information content (AvgIpc) is 1.59. The van der Waals surface area contributed by atoms with Crippen molar-refractivity contribution < 1.29 is 9.90 Å². The number of piperazine rings is 2. The van der Waals surface area contributed by atoms with E-state index in [0.29, 0.717) is 54.2 Å². The number of hydrogen-bond donors (Lipinski definition) is 4. The second-order valence-corrected chi connectivity index (χ2v) is 33.3. The van der Waals surface area contributed by atoms with Crippen molar-refractivity contribution in [1.29, 1.82) is 0 Å². The predicted molar refractivity (Wildman–Crippen MR) is 481 cm³/mol. The lowest BCUT2D eigenvalue weighted by Gasteiger charge is -2.45. The lowest BCUT2D eigenvalue weighted by Crippen LogP contribution is -2.53. The van der Waals surface area contributed by atoms with Crippen LogP contribution in [0.2, 0.25) is 0 Å². The van der Waals surface area contributed by atoms with Gasteiger partial charge in [-0.1, -0.05) is 164 Å². The van der Waals surface area contributed by atoms with Crippen LogP contribution in [0.25, 0.3) is 135 Å². The third-order valence-electron chi connectivity index (χ3n) is 25.5. The van der Waals surface area contributed by atoms with E-state index < -0.39 is 5.60 Å². The van der Waals surface area contributed by atoms with Crippen LogP contribution in [0.5, 0.6) is 0 Å². The molecule has 2 aliphatic heterocycles. The van der Waals surface area contributed by atoms with Crippen LogP contribution < -0.4 is 17.2 Å². The van der Waals surface area contributed by atoms with Crippen molar-refractivity contribution in [3.8, 4) is 85.0 Å². The third kappa shape index (κ3) is 13.8. The van der Waals surface area contributed by atoms with Gasteiger partial charge < -0.3 is 32.1 Å². The van der Waals surface area contributed by atoms with E-state index >= 15 is 0 Å². The van der Waals surface area contributed by atoms with Gasteiger partial charge >= 0.3 is 0 Å². The minimum absolute atomic E-state index is 0.170.